The number of hydrogen-bond donors (Lipinski definition) is 1. The molecule has 2 heteroatoms. The van der Waals surface area contributed by atoms with E-state index in [1.54, 1.807) is 0 Å². The predicted molar refractivity (Wildman–Crippen MR) is 84.8 cm³/mol. The van der Waals surface area contributed by atoms with Gasteiger partial charge < -0.3 is 10.1 Å². The molecule has 21 heavy (non-hydrogen) atoms. The van der Waals surface area contributed by atoms with Crippen molar-refractivity contribution in [3.63, 3.8) is 0 Å². The topological polar surface area (TPSA) is 21.3 Å². The van der Waals surface area contributed by atoms with Crippen LogP contribution >= 0.6 is 0 Å². The smallest absolute Gasteiger partial charge is 0.127 e. The highest BCUT2D eigenvalue weighted by atomic mass is 16.5. The van der Waals surface area contributed by atoms with E-state index in [0.717, 1.165) is 31.6 Å². The van der Waals surface area contributed by atoms with Crippen LogP contribution in [0.2, 0.25) is 0 Å². The molecule has 1 aliphatic carbocycles. The van der Waals surface area contributed by atoms with Crippen molar-refractivity contribution in [3.05, 3.63) is 64.7 Å². The van der Waals surface area contributed by atoms with Gasteiger partial charge in [-0.25, -0.2) is 0 Å². The van der Waals surface area contributed by atoms with Crippen LogP contribution in [-0.4, -0.2) is 13.7 Å². The maximum absolute atomic E-state index is 5.91. The Hall–Kier alpha value is -1.80. The van der Waals surface area contributed by atoms with Gasteiger partial charge in [0, 0.05) is 18.0 Å². The molecule has 0 aromatic heterocycles. The first-order chi connectivity index (χ1) is 10.4. The molecule has 0 saturated heterocycles. The van der Waals surface area contributed by atoms with Gasteiger partial charge in [-0.15, -0.1) is 0 Å². The number of benzene rings is 2. The summed E-state index contributed by atoms with van der Waals surface area (Å²) in [5, 5.41) is 3.54. The van der Waals surface area contributed by atoms with Crippen LogP contribution in [-0.2, 0) is 19.3 Å². The summed E-state index contributed by atoms with van der Waals surface area (Å²) in [5.74, 6) is 1.75. The Morgan fingerprint density at radius 2 is 1.71 bits per heavy atom. The lowest BCUT2D eigenvalue weighted by atomic mass is 9.89. The fourth-order valence-corrected chi connectivity index (χ4v) is 3.96. The molecule has 1 unspecified atom stereocenters. The SMILES string of the molecule is CNC(c1cccc2c1OCC2)C1Cc2ccccc2C1. The molecule has 2 aliphatic rings. The Morgan fingerprint density at radius 3 is 2.43 bits per heavy atom. The van der Waals surface area contributed by atoms with Crippen LogP contribution in [0, 0.1) is 5.92 Å². The van der Waals surface area contributed by atoms with Crippen molar-refractivity contribution in [3.8, 4) is 5.75 Å². The molecule has 0 spiro atoms. The summed E-state index contributed by atoms with van der Waals surface area (Å²) >= 11 is 0. The van der Waals surface area contributed by atoms with Gasteiger partial charge in [-0.1, -0.05) is 42.5 Å². The van der Waals surface area contributed by atoms with Gasteiger partial charge in [-0.3, -0.25) is 0 Å². The molecule has 2 aromatic carbocycles. The minimum atomic E-state index is 0.366. The molecule has 2 aromatic rings. The van der Waals surface area contributed by atoms with Gasteiger partial charge in [0.25, 0.3) is 0 Å². The highest BCUT2D eigenvalue weighted by molar-refractivity contribution is 5.46. The van der Waals surface area contributed by atoms with Gasteiger partial charge in [0.2, 0.25) is 0 Å². The van der Waals surface area contributed by atoms with Gasteiger partial charge in [-0.2, -0.15) is 0 Å². The number of rotatable bonds is 3. The van der Waals surface area contributed by atoms with E-state index in [2.05, 4.69) is 54.8 Å². The summed E-state index contributed by atoms with van der Waals surface area (Å²) in [6.07, 6.45) is 3.36. The zero-order chi connectivity index (χ0) is 14.2. The van der Waals surface area contributed by atoms with E-state index in [4.69, 9.17) is 4.74 Å². The molecule has 0 fully saturated rings. The fraction of sp³-hybridized carbons (Fsp3) is 0.368. The fourth-order valence-electron chi connectivity index (χ4n) is 3.96. The molecule has 2 nitrogen and oxygen atoms in total. The first-order valence-electron chi connectivity index (χ1n) is 7.85. The minimum absolute atomic E-state index is 0.366. The molecule has 1 heterocycles. The van der Waals surface area contributed by atoms with Crippen molar-refractivity contribution < 1.29 is 4.74 Å². The molecular weight excluding hydrogens is 258 g/mol. The number of hydrogen-bond acceptors (Lipinski definition) is 2. The maximum atomic E-state index is 5.91. The normalized spacial score (nSPS) is 18.1. The molecule has 0 amide bonds. The zero-order valence-corrected chi connectivity index (χ0v) is 12.4. The summed E-state index contributed by atoms with van der Waals surface area (Å²) in [5.41, 5.74) is 5.72. The van der Waals surface area contributed by atoms with Crippen molar-refractivity contribution in [1.82, 2.24) is 5.32 Å². The molecule has 1 aliphatic heterocycles. The highest BCUT2D eigenvalue weighted by Crippen LogP contribution is 2.40. The third-order valence-corrected chi connectivity index (χ3v) is 4.94. The van der Waals surface area contributed by atoms with Crippen LogP contribution in [0.15, 0.2) is 42.5 Å². The highest BCUT2D eigenvalue weighted by Gasteiger charge is 2.31. The van der Waals surface area contributed by atoms with E-state index >= 15 is 0 Å². The summed E-state index contributed by atoms with van der Waals surface area (Å²) in [6.45, 7) is 0.827. The number of ether oxygens (including phenoxy) is 1. The second-order valence-corrected chi connectivity index (χ2v) is 6.14. The average molecular weight is 279 g/mol. The molecule has 0 radical (unpaired) electrons. The minimum Gasteiger partial charge on any atom is -0.493 e. The summed E-state index contributed by atoms with van der Waals surface area (Å²) < 4.78 is 5.91. The Labute approximate surface area is 126 Å². The predicted octanol–water partition coefficient (Wildman–Crippen LogP) is 3.30. The monoisotopic (exact) mass is 279 g/mol. The lowest BCUT2D eigenvalue weighted by molar-refractivity contribution is 0.334. The van der Waals surface area contributed by atoms with Gasteiger partial charge in [0.1, 0.15) is 5.75 Å². The Morgan fingerprint density at radius 1 is 1.00 bits per heavy atom. The van der Waals surface area contributed by atoms with Crippen LogP contribution in [0.4, 0.5) is 0 Å². The van der Waals surface area contributed by atoms with E-state index in [9.17, 15) is 0 Å². The Balaban J connectivity index is 1.67. The maximum Gasteiger partial charge on any atom is 0.127 e. The second-order valence-electron chi connectivity index (χ2n) is 6.14. The molecule has 1 atom stereocenters. The molecule has 4 rings (SSSR count). The average Bonchev–Trinajstić information content (AvgIpc) is 3.14. The summed E-state index contributed by atoms with van der Waals surface area (Å²) in [7, 11) is 2.07. The van der Waals surface area contributed by atoms with Crippen molar-refractivity contribution in [2.75, 3.05) is 13.7 Å². The van der Waals surface area contributed by atoms with E-state index in [1.165, 1.54) is 22.3 Å². The molecule has 0 bridgehead atoms. The Bertz CT molecular complexity index is 639. The van der Waals surface area contributed by atoms with Crippen LogP contribution in [0.3, 0.4) is 0 Å². The van der Waals surface area contributed by atoms with Gasteiger partial charge in [0.15, 0.2) is 0 Å². The van der Waals surface area contributed by atoms with Crippen LogP contribution in [0.1, 0.15) is 28.3 Å². The Kier molecular flexibility index (Phi) is 3.19. The van der Waals surface area contributed by atoms with Gasteiger partial charge in [-0.05, 0) is 42.5 Å². The lowest BCUT2D eigenvalue weighted by Crippen LogP contribution is -2.26. The van der Waals surface area contributed by atoms with Crippen LogP contribution in [0.25, 0.3) is 0 Å². The molecule has 108 valence electrons. The third-order valence-electron chi connectivity index (χ3n) is 4.94. The van der Waals surface area contributed by atoms with E-state index in [-0.39, 0.29) is 0 Å². The number of para-hydroxylation sites is 1. The lowest BCUT2D eigenvalue weighted by Gasteiger charge is -2.25. The van der Waals surface area contributed by atoms with Gasteiger partial charge >= 0.3 is 0 Å². The first-order valence-corrected chi connectivity index (χ1v) is 7.85. The number of nitrogens with one attached hydrogen (secondary N) is 1. The van der Waals surface area contributed by atoms with Gasteiger partial charge in [0.05, 0.1) is 6.61 Å². The molecule has 1 N–H and O–H groups in total. The second kappa shape index (κ2) is 5.19. The van der Waals surface area contributed by atoms with Crippen LogP contribution in [0.5, 0.6) is 5.75 Å². The third kappa shape index (κ3) is 2.14. The van der Waals surface area contributed by atoms with Crippen molar-refractivity contribution in [2.45, 2.75) is 25.3 Å². The van der Waals surface area contributed by atoms with E-state index in [0.29, 0.717) is 12.0 Å². The first kappa shape index (κ1) is 12.9. The van der Waals surface area contributed by atoms with Crippen molar-refractivity contribution in [1.29, 1.82) is 0 Å². The number of fused-ring (bicyclic) bond motifs is 2. The zero-order valence-electron chi connectivity index (χ0n) is 12.4. The van der Waals surface area contributed by atoms with Crippen molar-refractivity contribution in [2.24, 2.45) is 5.92 Å². The summed E-state index contributed by atoms with van der Waals surface area (Å²) in [4.78, 5) is 0. The van der Waals surface area contributed by atoms with E-state index in [1.807, 2.05) is 0 Å². The van der Waals surface area contributed by atoms with Crippen molar-refractivity contribution >= 4 is 0 Å². The van der Waals surface area contributed by atoms with Crippen LogP contribution < -0.4 is 10.1 Å². The summed E-state index contributed by atoms with van der Waals surface area (Å²) in [6, 6.07) is 15.8. The van der Waals surface area contributed by atoms with E-state index < -0.39 is 0 Å². The standard InChI is InChI=1S/C19H21NO/c1-20-18(16-11-14-5-2-3-6-15(14)12-16)17-8-4-7-13-9-10-21-19(13)17/h2-8,16,18,20H,9-12H2,1H3. The molecule has 0 saturated carbocycles. The largest absolute Gasteiger partial charge is 0.493 e. The quantitative estimate of drug-likeness (QED) is 0.931. The molecular formula is C19H21NO.